The molecule has 1 fully saturated rings. The molecule has 0 saturated carbocycles. The lowest BCUT2D eigenvalue weighted by Crippen LogP contribution is -2.52. The first-order valence-corrected chi connectivity index (χ1v) is 8.64. The van der Waals surface area contributed by atoms with Crippen LogP contribution in [-0.2, 0) is 12.0 Å². The average molecular weight is 321 g/mol. The molecule has 24 heavy (non-hydrogen) atoms. The Hall–Kier alpha value is -2.20. The molecule has 2 aromatic rings. The Morgan fingerprint density at radius 2 is 1.79 bits per heavy atom. The highest BCUT2D eigenvalue weighted by molar-refractivity contribution is 5.94. The number of fused-ring (bicyclic) bond motifs is 2. The van der Waals surface area contributed by atoms with E-state index < -0.39 is 0 Å². The van der Waals surface area contributed by atoms with Crippen LogP contribution < -0.4 is 0 Å². The predicted octanol–water partition coefficient (Wildman–Crippen LogP) is 2.70. The number of piperidine rings is 1. The molecule has 0 bridgehead atoms. The zero-order valence-electron chi connectivity index (χ0n) is 14.1. The van der Waals surface area contributed by atoms with E-state index in [0.717, 1.165) is 38.0 Å². The van der Waals surface area contributed by atoms with Crippen LogP contribution in [0.3, 0.4) is 0 Å². The largest absolute Gasteiger partial charge is 0.333 e. The summed E-state index contributed by atoms with van der Waals surface area (Å²) in [5.41, 5.74) is 3.59. The lowest BCUT2D eigenvalue weighted by Gasteiger charge is -2.48. The molecule has 1 aromatic heterocycles. The van der Waals surface area contributed by atoms with Gasteiger partial charge in [0.1, 0.15) is 0 Å². The molecular formula is C20H23N3O. The van der Waals surface area contributed by atoms with Gasteiger partial charge in [0.25, 0.3) is 5.91 Å². The third-order valence-corrected chi connectivity index (χ3v) is 5.60. The summed E-state index contributed by atoms with van der Waals surface area (Å²) in [5.74, 6) is 0.116. The van der Waals surface area contributed by atoms with Crippen molar-refractivity contribution < 1.29 is 4.79 Å². The molecule has 4 nitrogen and oxygen atoms in total. The summed E-state index contributed by atoms with van der Waals surface area (Å²) in [6, 6.07) is 12.3. The number of benzene rings is 1. The van der Waals surface area contributed by atoms with Gasteiger partial charge in [-0.2, -0.15) is 0 Å². The molecular weight excluding hydrogens is 298 g/mol. The minimum absolute atomic E-state index is 0.101. The van der Waals surface area contributed by atoms with Crippen molar-refractivity contribution in [3.63, 3.8) is 0 Å². The van der Waals surface area contributed by atoms with Crippen molar-refractivity contribution in [1.29, 1.82) is 0 Å². The first kappa shape index (κ1) is 15.3. The smallest absolute Gasteiger partial charge is 0.254 e. The number of likely N-dealkylation sites (tertiary alicyclic amines) is 1. The Kier molecular flexibility index (Phi) is 3.85. The fourth-order valence-corrected chi connectivity index (χ4v) is 4.18. The summed E-state index contributed by atoms with van der Waals surface area (Å²) < 4.78 is 0. The van der Waals surface area contributed by atoms with Gasteiger partial charge in [0, 0.05) is 36.5 Å². The second-order valence-corrected chi connectivity index (χ2v) is 7.14. The Bertz CT molecular complexity index is 736. The average Bonchev–Trinajstić information content (AvgIpc) is 2.64. The molecule has 1 saturated heterocycles. The topological polar surface area (TPSA) is 36.4 Å². The Balaban J connectivity index is 1.69. The van der Waals surface area contributed by atoms with E-state index in [-0.39, 0.29) is 11.3 Å². The maximum Gasteiger partial charge on any atom is 0.254 e. The molecule has 0 radical (unpaired) electrons. The van der Waals surface area contributed by atoms with E-state index in [4.69, 9.17) is 0 Å². The molecule has 0 N–H and O–H groups in total. The van der Waals surface area contributed by atoms with Gasteiger partial charge in [0.05, 0.1) is 0 Å². The van der Waals surface area contributed by atoms with Crippen molar-refractivity contribution in [2.75, 3.05) is 26.7 Å². The molecule has 2 aliphatic heterocycles. The highest BCUT2D eigenvalue weighted by Gasteiger charge is 2.42. The van der Waals surface area contributed by atoms with E-state index in [1.165, 1.54) is 11.1 Å². The second-order valence-electron chi connectivity index (χ2n) is 7.14. The number of hydrogen-bond donors (Lipinski definition) is 0. The third-order valence-electron chi connectivity index (χ3n) is 5.60. The second kappa shape index (κ2) is 6.02. The predicted molar refractivity (Wildman–Crippen MR) is 93.8 cm³/mol. The van der Waals surface area contributed by atoms with E-state index in [9.17, 15) is 4.79 Å². The van der Waals surface area contributed by atoms with E-state index in [1.54, 1.807) is 12.4 Å². The Morgan fingerprint density at radius 1 is 1.08 bits per heavy atom. The minimum Gasteiger partial charge on any atom is -0.333 e. The van der Waals surface area contributed by atoms with Crippen LogP contribution in [0, 0.1) is 0 Å². The maximum atomic E-state index is 13.0. The van der Waals surface area contributed by atoms with Gasteiger partial charge in [-0.05, 0) is 56.2 Å². The van der Waals surface area contributed by atoms with Crippen LogP contribution in [0.15, 0.2) is 48.8 Å². The van der Waals surface area contributed by atoms with E-state index in [0.29, 0.717) is 6.54 Å². The van der Waals surface area contributed by atoms with Crippen LogP contribution in [0.2, 0.25) is 0 Å². The first-order valence-electron chi connectivity index (χ1n) is 8.64. The highest BCUT2D eigenvalue weighted by atomic mass is 16.2. The number of amides is 1. The first-order chi connectivity index (χ1) is 11.7. The van der Waals surface area contributed by atoms with Crippen LogP contribution in [0.1, 0.15) is 34.3 Å². The molecule has 0 atom stereocenters. The number of nitrogens with zero attached hydrogens (tertiary/aromatic N) is 3. The summed E-state index contributed by atoms with van der Waals surface area (Å²) >= 11 is 0. The molecule has 2 aliphatic rings. The van der Waals surface area contributed by atoms with Gasteiger partial charge in [-0.3, -0.25) is 9.78 Å². The summed E-state index contributed by atoms with van der Waals surface area (Å²) in [6.45, 7) is 3.70. The van der Waals surface area contributed by atoms with Crippen molar-refractivity contribution in [2.24, 2.45) is 0 Å². The standard InChI is InChI=1S/C20H23N3O/c1-22-12-8-20(9-13-22)15-23(14-17-4-2-3-5-18(17)20)19(24)16-6-10-21-11-7-16/h2-7,10-11H,8-9,12-15H2,1H3. The van der Waals surface area contributed by atoms with Gasteiger partial charge in [-0.1, -0.05) is 24.3 Å². The zero-order valence-corrected chi connectivity index (χ0v) is 14.1. The highest BCUT2D eigenvalue weighted by Crippen LogP contribution is 2.41. The molecule has 1 aromatic carbocycles. The number of carbonyl (C=O) groups is 1. The molecule has 0 unspecified atom stereocenters. The van der Waals surface area contributed by atoms with E-state index in [1.807, 2.05) is 17.0 Å². The maximum absolute atomic E-state index is 13.0. The number of pyridine rings is 1. The fraction of sp³-hybridized carbons (Fsp3) is 0.400. The van der Waals surface area contributed by atoms with Gasteiger partial charge < -0.3 is 9.80 Å². The Labute approximate surface area is 143 Å². The molecule has 1 amide bonds. The molecule has 3 heterocycles. The number of carbonyl (C=O) groups excluding carboxylic acids is 1. The van der Waals surface area contributed by atoms with Gasteiger partial charge >= 0.3 is 0 Å². The quantitative estimate of drug-likeness (QED) is 0.810. The van der Waals surface area contributed by atoms with Crippen LogP contribution in [0.5, 0.6) is 0 Å². The fourth-order valence-electron chi connectivity index (χ4n) is 4.18. The summed E-state index contributed by atoms with van der Waals surface area (Å²) in [6.07, 6.45) is 5.61. The van der Waals surface area contributed by atoms with Crippen LogP contribution in [-0.4, -0.2) is 47.4 Å². The minimum atomic E-state index is 0.101. The van der Waals surface area contributed by atoms with E-state index >= 15 is 0 Å². The van der Waals surface area contributed by atoms with Crippen molar-refractivity contribution in [3.05, 3.63) is 65.5 Å². The molecule has 124 valence electrons. The lowest BCUT2D eigenvalue weighted by atomic mass is 9.69. The van der Waals surface area contributed by atoms with Crippen molar-refractivity contribution in [1.82, 2.24) is 14.8 Å². The third kappa shape index (κ3) is 2.61. The number of hydrogen-bond acceptors (Lipinski definition) is 3. The Morgan fingerprint density at radius 3 is 2.54 bits per heavy atom. The SMILES string of the molecule is CN1CCC2(CC1)CN(C(=O)c1ccncc1)Cc1ccccc12. The zero-order chi connectivity index (χ0) is 16.6. The summed E-state index contributed by atoms with van der Waals surface area (Å²) in [5, 5.41) is 0. The van der Waals surface area contributed by atoms with Crippen LogP contribution >= 0.6 is 0 Å². The van der Waals surface area contributed by atoms with Crippen LogP contribution in [0.25, 0.3) is 0 Å². The van der Waals surface area contributed by atoms with E-state index in [2.05, 4.69) is 41.2 Å². The molecule has 4 rings (SSSR count). The van der Waals surface area contributed by atoms with Crippen molar-refractivity contribution in [2.45, 2.75) is 24.8 Å². The van der Waals surface area contributed by atoms with Crippen molar-refractivity contribution in [3.8, 4) is 0 Å². The van der Waals surface area contributed by atoms with Gasteiger partial charge in [-0.15, -0.1) is 0 Å². The summed E-state index contributed by atoms with van der Waals surface area (Å²) in [4.78, 5) is 21.4. The van der Waals surface area contributed by atoms with Gasteiger partial charge in [0.15, 0.2) is 0 Å². The normalized spacial score (nSPS) is 20.0. The van der Waals surface area contributed by atoms with Gasteiger partial charge in [-0.25, -0.2) is 0 Å². The number of aromatic nitrogens is 1. The lowest BCUT2D eigenvalue weighted by molar-refractivity contribution is 0.0598. The van der Waals surface area contributed by atoms with Gasteiger partial charge in [0.2, 0.25) is 0 Å². The summed E-state index contributed by atoms with van der Waals surface area (Å²) in [7, 11) is 2.18. The molecule has 1 spiro atoms. The molecule has 4 heteroatoms. The van der Waals surface area contributed by atoms with Crippen molar-refractivity contribution >= 4 is 5.91 Å². The monoisotopic (exact) mass is 321 g/mol. The van der Waals surface area contributed by atoms with Crippen LogP contribution in [0.4, 0.5) is 0 Å². The molecule has 0 aliphatic carbocycles. The number of rotatable bonds is 1.